The fourth-order valence-corrected chi connectivity index (χ4v) is 2.72. The van der Waals surface area contributed by atoms with Gasteiger partial charge in [0.1, 0.15) is 12.1 Å². The molecular formula is C14H16ClNO4. The highest BCUT2D eigenvalue weighted by atomic mass is 35.5. The van der Waals surface area contributed by atoms with Gasteiger partial charge in [0.2, 0.25) is 0 Å². The Morgan fingerprint density at radius 2 is 2.10 bits per heavy atom. The van der Waals surface area contributed by atoms with E-state index < -0.39 is 17.6 Å². The lowest BCUT2D eigenvalue weighted by Crippen LogP contribution is -2.50. The largest absolute Gasteiger partial charge is 0.480 e. The molecule has 2 atom stereocenters. The average Bonchev–Trinajstić information content (AvgIpc) is 2.74. The van der Waals surface area contributed by atoms with Gasteiger partial charge >= 0.3 is 12.1 Å². The van der Waals surface area contributed by atoms with Gasteiger partial charge in [-0.15, -0.1) is 11.6 Å². The van der Waals surface area contributed by atoms with Crippen LogP contribution in [0, 0.1) is 0 Å². The first-order valence-electron chi connectivity index (χ1n) is 6.29. The number of benzene rings is 1. The first-order valence-corrected chi connectivity index (χ1v) is 6.73. The standard InChI is InChI=1S/C14H16ClNO4/c1-14(12(17)18)7-11(15)8-16(14)13(19)20-9-10-5-3-2-4-6-10/h2-6,11H,7-9H2,1H3,(H,17,18)/t11-,14-/m0/s1. The summed E-state index contributed by atoms with van der Waals surface area (Å²) in [6, 6.07) is 9.21. The number of halogens is 1. The molecule has 1 saturated heterocycles. The zero-order valence-electron chi connectivity index (χ0n) is 11.1. The van der Waals surface area contributed by atoms with Crippen molar-refractivity contribution in [1.29, 1.82) is 0 Å². The fourth-order valence-electron chi connectivity index (χ4n) is 2.28. The lowest BCUT2D eigenvalue weighted by atomic mass is 10.00. The molecule has 1 amide bonds. The molecule has 2 rings (SSSR count). The van der Waals surface area contributed by atoms with Crippen molar-refractivity contribution in [3.63, 3.8) is 0 Å². The van der Waals surface area contributed by atoms with Gasteiger partial charge in [-0.2, -0.15) is 0 Å². The molecule has 1 heterocycles. The second-order valence-electron chi connectivity index (χ2n) is 5.03. The number of likely N-dealkylation sites (tertiary alicyclic amines) is 1. The molecule has 0 aliphatic carbocycles. The van der Waals surface area contributed by atoms with Gasteiger partial charge in [-0.1, -0.05) is 30.3 Å². The number of hydrogen-bond acceptors (Lipinski definition) is 3. The Morgan fingerprint density at radius 1 is 1.45 bits per heavy atom. The van der Waals surface area contributed by atoms with Crippen LogP contribution in [-0.2, 0) is 16.1 Å². The molecule has 1 N–H and O–H groups in total. The van der Waals surface area contributed by atoms with Crippen LogP contribution in [0.15, 0.2) is 30.3 Å². The van der Waals surface area contributed by atoms with E-state index in [-0.39, 0.29) is 24.9 Å². The molecular weight excluding hydrogens is 282 g/mol. The van der Waals surface area contributed by atoms with Crippen LogP contribution < -0.4 is 0 Å². The van der Waals surface area contributed by atoms with E-state index in [4.69, 9.17) is 16.3 Å². The van der Waals surface area contributed by atoms with E-state index in [1.54, 1.807) is 0 Å². The van der Waals surface area contributed by atoms with Crippen LogP contribution in [0.1, 0.15) is 18.9 Å². The third kappa shape index (κ3) is 2.88. The average molecular weight is 298 g/mol. The van der Waals surface area contributed by atoms with Gasteiger partial charge in [-0.3, -0.25) is 4.90 Å². The highest BCUT2D eigenvalue weighted by Gasteiger charge is 2.50. The van der Waals surface area contributed by atoms with Gasteiger partial charge in [0.25, 0.3) is 0 Å². The normalized spacial score (nSPS) is 25.5. The molecule has 0 radical (unpaired) electrons. The van der Waals surface area contributed by atoms with E-state index >= 15 is 0 Å². The molecule has 5 nitrogen and oxygen atoms in total. The Labute approximate surface area is 122 Å². The molecule has 108 valence electrons. The molecule has 0 aromatic heterocycles. The Bertz CT molecular complexity index is 507. The summed E-state index contributed by atoms with van der Waals surface area (Å²) in [5.74, 6) is -1.07. The summed E-state index contributed by atoms with van der Waals surface area (Å²) in [5, 5.41) is 8.91. The SMILES string of the molecule is C[C@@]1(C(=O)O)C[C@H](Cl)CN1C(=O)OCc1ccccc1. The summed E-state index contributed by atoms with van der Waals surface area (Å²) in [7, 11) is 0. The van der Waals surface area contributed by atoms with Gasteiger partial charge in [-0.05, 0) is 18.9 Å². The molecule has 20 heavy (non-hydrogen) atoms. The van der Waals surface area contributed by atoms with Crippen molar-refractivity contribution >= 4 is 23.7 Å². The van der Waals surface area contributed by atoms with Crippen molar-refractivity contribution in [2.75, 3.05) is 6.54 Å². The number of amides is 1. The Morgan fingerprint density at radius 3 is 2.70 bits per heavy atom. The molecule has 1 aliphatic heterocycles. The third-order valence-electron chi connectivity index (χ3n) is 3.48. The maximum atomic E-state index is 12.1. The minimum Gasteiger partial charge on any atom is -0.480 e. The summed E-state index contributed by atoms with van der Waals surface area (Å²) in [5.41, 5.74) is -0.459. The predicted octanol–water partition coefficient (Wildman–Crippen LogP) is 2.48. The second-order valence-corrected chi connectivity index (χ2v) is 5.65. The zero-order valence-corrected chi connectivity index (χ0v) is 11.8. The van der Waals surface area contributed by atoms with Gasteiger partial charge in [0.15, 0.2) is 0 Å². The molecule has 1 aliphatic rings. The second kappa shape index (κ2) is 5.71. The monoisotopic (exact) mass is 297 g/mol. The van der Waals surface area contributed by atoms with Crippen LogP contribution in [0.2, 0.25) is 0 Å². The molecule has 0 bridgehead atoms. The first-order chi connectivity index (χ1) is 9.43. The fraction of sp³-hybridized carbons (Fsp3) is 0.429. The number of carboxylic acids is 1. The number of aliphatic carboxylic acids is 1. The summed E-state index contributed by atoms with van der Waals surface area (Å²) in [6.07, 6.45) is -0.438. The van der Waals surface area contributed by atoms with Crippen molar-refractivity contribution in [2.24, 2.45) is 0 Å². The lowest BCUT2D eigenvalue weighted by molar-refractivity contribution is -0.147. The van der Waals surface area contributed by atoms with E-state index in [1.807, 2.05) is 30.3 Å². The van der Waals surface area contributed by atoms with Crippen LogP contribution in [0.4, 0.5) is 4.79 Å². The van der Waals surface area contributed by atoms with Crippen molar-refractivity contribution in [3.05, 3.63) is 35.9 Å². The molecule has 1 fully saturated rings. The quantitative estimate of drug-likeness (QED) is 0.870. The van der Waals surface area contributed by atoms with Crippen LogP contribution in [0.3, 0.4) is 0 Å². The number of rotatable bonds is 3. The van der Waals surface area contributed by atoms with Crippen LogP contribution in [-0.4, -0.2) is 39.5 Å². The van der Waals surface area contributed by atoms with E-state index in [0.29, 0.717) is 0 Å². The van der Waals surface area contributed by atoms with Gasteiger partial charge < -0.3 is 9.84 Å². The predicted molar refractivity (Wildman–Crippen MR) is 73.6 cm³/mol. The number of alkyl halides is 1. The van der Waals surface area contributed by atoms with Gasteiger partial charge in [0.05, 0.1) is 5.38 Å². The summed E-state index contributed by atoms with van der Waals surface area (Å²) < 4.78 is 5.17. The Hall–Kier alpha value is -1.75. The van der Waals surface area contributed by atoms with Crippen LogP contribution in [0.25, 0.3) is 0 Å². The highest BCUT2D eigenvalue weighted by molar-refractivity contribution is 6.21. The van der Waals surface area contributed by atoms with Crippen molar-refractivity contribution in [3.8, 4) is 0 Å². The van der Waals surface area contributed by atoms with E-state index in [0.717, 1.165) is 5.56 Å². The van der Waals surface area contributed by atoms with Crippen LogP contribution >= 0.6 is 11.6 Å². The Kier molecular flexibility index (Phi) is 4.18. The topological polar surface area (TPSA) is 66.8 Å². The minimum atomic E-state index is -1.31. The molecule has 0 saturated carbocycles. The molecule has 1 aromatic carbocycles. The van der Waals surface area contributed by atoms with Crippen molar-refractivity contribution < 1.29 is 19.4 Å². The van der Waals surface area contributed by atoms with E-state index in [1.165, 1.54) is 11.8 Å². The number of carboxylic acid groups (broad SMARTS) is 1. The molecule has 0 spiro atoms. The van der Waals surface area contributed by atoms with Crippen molar-refractivity contribution in [2.45, 2.75) is 30.9 Å². The number of carbonyl (C=O) groups is 2. The first kappa shape index (κ1) is 14.7. The van der Waals surface area contributed by atoms with Gasteiger partial charge in [0, 0.05) is 6.54 Å². The number of hydrogen-bond donors (Lipinski definition) is 1. The smallest absolute Gasteiger partial charge is 0.411 e. The highest BCUT2D eigenvalue weighted by Crippen LogP contribution is 2.33. The maximum Gasteiger partial charge on any atom is 0.411 e. The number of nitrogens with zero attached hydrogens (tertiary/aromatic N) is 1. The molecule has 6 heteroatoms. The Balaban J connectivity index is 2.03. The minimum absolute atomic E-state index is 0.110. The molecule has 0 unspecified atom stereocenters. The summed E-state index contributed by atoms with van der Waals surface area (Å²) >= 11 is 5.98. The number of carbonyl (C=O) groups excluding carboxylic acids is 1. The number of ether oxygens (including phenoxy) is 1. The van der Waals surface area contributed by atoms with Gasteiger partial charge in [-0.25, -0.2) is 9.59 Å². The van der Waals surface area contributed by atoms with Crippen LogP contribution in [0.5, 0.6) is 0 Å². The maximum absolute atomic E-state index is 12.1. The zero-order chi connectivity index (χ0) is 14.8. The van der Waals surface area contributed by atoms with E-state index in [2.05, 4.69) is 0 Å². The molecule has 1 aromatic rings. The van der Waals surface area contributed by atoms with E-state index in [9.17, 15) is 14.7 Å². The van der Waals surface area contributed by atoms with Crippen molar-refractivity contribution in [1.82, 2.24) is 4.90 Å². The lowest BCUT2D eigenvalue weighted by Gasteiger charge is -2.29. The summed E-state index contributed by atoms with van der Waals surface area (Å²) in [6.45, 7) is 1.78. The summed E-state index contributed by atoms with van der Waals surface area (Å²) in [4.78, 5) is 24.6. The third-order valence-corrected chi connectivity index (χ3v) is 3.77.